The predicted octanol–water partition coefficient (Wildman–Crippen LogP) is 4.22. The average Bonchev–Trinajstić information content (AvgIpc) is 2.41. The molecule has 0 aromatic heterocycles. The Morgan fingerprint density at radius 2 is 2.05 bits per heavy atom. The SMILES string of the molecule is Cc1ccc(NCc2ccc(F)c(C#N)c2)cc1I. The zero-order valence-electron chi connectivity index (χ0n) is 10.4. The Morgan fingerprint density at radius 1 is 1.26 bits per heavy atom. The number of hydrogen-bond donors (Lipinski definition) is 1. The third-order valence-electron chi connectivity index (χ3n) is 2.82. The van der Waals surface area contributed by atoms with Gasteiger partial charge in [-0.15, -0.1) is 0 Å². The summed E-state index contributed by atoms with van der Waals surface area (Å²) < 4.78 is 14.4. The van der Waals surface area contributed by atoms with E-state index in [-0.39, 0.29) is 5.56 Å². The second-order valence-corrected chi connectivity index (χ2v) is 5.41. The van der Waals surface area contributed by atoms with E-state index in [4.69, 9.17) is 5.26 Å². The van der Waals surface area contributed by atoms with Crippen molar-refractivity contribution in [1.29, 1.82) is 5.26 Å². The minimum absolute atomic E-state index is 0.0813. The minimum atomic E-state index is -0.476. The number of nitriles is 1. The lowest BCUT2D eigenvalue weighted by Crippen LogP contribution is -2.01. The maximum atomic E-state index is 13.2. The van der Waals surface area contributed by atoms with Gasteiger partial charge in [0, 0.05) is 15.8 Å². The molecule has 0 aliphatic carbocycles. The zero-order valence-corrected chi connectivity index (χ0v) is 12.5. The molecular weight excluding hydrogens is 354 g/mol. The zero-order chi connectivity index (χ0) is 13.8. The van der Waals surface area contributed by atoms with Crippen LogP contribution in [0.25, 0.3) is 0 Å². The third kappa shape index (κ3) is 3.44. The van der Waals surface area contributed by atoms with E-state index in [2.05, 4.69) is 47.0 Å². The Kier molecular flexibility index (Phi) is 4.38. The molecule has 19 heavy (non-hydrogen) atoms. The van der Waals surface area contributed by atoms with Crippen LogP contribution in [0.4, 0.5) is 10.1 Å². The lowest BCUT2D eigenvalue weighted by Gasteiger charge is -2.08. The van der Waals surface area contributed by atoms with Crippen LogP contribution >= 0.6 is 22.6 Å². The van der Waals surface area contributed by atoms with Crippen molar-refractivity contribution in [3.05, 3.63) is 62.5 Å². The van der Waals surface area contributed by atoms with E-state index in [9.17, 15) is 4.39 Å². The molecule has 0 bridgehead atoms. The second kappa shape index (κ2) is 6.02. The first-order valence-electron chi connectivity index (χ1n) is 5.78. The molecule has 96 valence electrons. The number of nitrogens with one attached hydrogen (secondary N) is 1. The van der Waals surface area contributed by atoms with Crippen LogP contribution in [0.2, 0.25) is 0 Å². The maximum absolute atomic E-state index is 13.2. The minimum Gasteiger partial charge on any atom is -0.381 e. The van der Waals surface area contributed by atoms with Crippen molar-refractivity contribution in [2.45, 2.75) is 13.5 Å². The number of hydrogen-bond acceptors (Lipinski definition) is 2. The molecule has 0 aliphatic heterocycles. The van der Waals surface area contributed by atoms with Gasteiger partial charge in [0.25, 0.3) is 0 Å². The van der Waals surface area contributed by atoms with Gasteiger partial charge in [-0.05, 0) is 64.9 Å². The Morgan fingerprint density at radius 3 is 2.74 bits per heavy atom. The highest BCUT2D eigenvalue weighted by Crippen LogP contribution is 2.18. The van der Waals surface area contributed by atoms with Crippen molar-refractivity contribution in [3.63, 3.8) is 0 Å². The molecule has 0 saturated heterocycles. The summed E-state index contributed by atoms with van der Waals surface area (Å²) in [5.41, 5.74) is 3.21. The fourth-order valence-corrected chi connectivity index (χ4v) is 2.19. The summed E-state index contributed by atoms with van der Waals surface area (Å²) in [6.07, 6.45) is 0. The quantitative estimate of drug-likeness (QED) is 0.826. The summed E-state index contributed by atoms with van der Waals surface area (Å²) in [4.78, 5) is 0. The van der Waals surface area contributed by atoms with Gasteiger partial charge in [-0.2, -0.15) is 5.26 Å². The van der Waals surface area contributed by atoms with Crippen LogP contribution in [-0.2, 0) is 6.54 Å². The Labute approximate surface area is 125 Å². The van der Waals surface area contributed by atoms with E-state index < -0.39 is 5.82 Å². The summed E-state index contributed by atoms with van der Waals surface area (Å²) in [6, 6.07) is 12.5. The number of anilines is 1. The number of nitrogens with zero attached hydrogens (tertiary/aromatic N) is 1. The Hall–Kier alpha value is -1.61. The first-order chi connectivity index (χ1) is 9.10. The van der Waals surface area contributed by atoms with Gasteiger partial charge in [-0.1, -0.05) is 12.1 Å². The van der Waals surface area contributed by atoms with E-state index in [0.29, 0.717) is 6.54 Å². The van der Waals surface area contributed by atoms with E-state index >= 15 is 0 Å². The Bertz CT molecular complexity index is 647. The van der Waals surface area contributed by atoms with E-state index in [1.807, 2.05) is 12.1 Å². The van der Waals surface area contributed by atoms with Crippen molar-refractivity contribution in [3.8, 4) is 6.07 Å². The molecule has 2 rings (SSSR count). The molecule has 2 nitrogen and oxygen atoms in total. The number of halogens is 2. The predicted molar refractivity (Wildman–Crippen MR) is 82.3 cm³/mol. The maximum Gasteiger partial charge on any atom is 0.140 e. The van der Waals surface area contributed by atoms with Crippen LogP contribution < -0.4 is 5.32 Å². The van der Waals surface area contributed by atoms with Crippen LogP contribution in [0.1, 0.15) is 16.7 Å². The summed E-state index contributed by atoms with van der Waals surface area (Å²) in [6.45, 7) is 2.62. The van der Waals surface area contributed by atoms with Gasteiger partial charge in [-0.3, -0.25) is 0 Å². The van der Waals surface area contributed by atoms with E-state index in [1.54, 1.807) is 12.1 Å². The highest BCUT2D eigenvalue weighted by atomic mass is 127. The highest BCUT2D eigenvalue weighted by molar-refractivity contribution is 14.1. The normalized spacial score (nSPS) is 10.0. The summed E-state index contributed by atoms with van der Waals surface area (Å²) in [5, 5.41) is 12.0. The number of aryl methyl sites for hydroxylation is 1. The molecule has 0 aliphatic rings. The van der Waals surface area contributed by atoms with Gasteiger partial charge >= 0.3 is 0 Å². The van der Waals surface area contributed by atoms with Crippen molar-refractivity contribution in [2.75, 3.05) is 5.32 Å². The fourth-order valence-electron chi connectivity index (χ4n) is 1.68. The van der Waals surface area contributed by atoms with Gasteiger partial charge in [0.2, 0.25) is 0 Å². The molecule has 0 atom stereocenters. The fraction of sp³-hybridized carbons (Fsp3) is 0.133. The van der Waals surface area contributed by atoms with Crippen LogP contribution in [0.15, 0.2) is 36.4 Å². The van der Waals surface area contributed by atoms with Gasteiger partial charge in [0.1, 0.15) is 11.9 Å². The molecule has 0 amide bonds. The third-order valence-corrected chi connectivity index (χ3v) is 3.98. The molecule has 0 fully saturated rings. The lowest BCUT2D eigenvalue weighted by atomic mass is 10.1. The summed E-state index contributed by atoms with van der Waals surface area (Å²) >= 11 is 2.29. The van der Waals surface area contributed by atoms with Crippen molar-refractivity contribution >= 4 is 28.3 Å². The first kappa shape index (κ1) is 13.8. The van der Waals surface area contributed by atoms with Gasteiger partial charge in [-0.25, -0.2) is 4.39 Å². The molecule has 0 heterocycles. The van der Waals surface area contributed by atoms with Gasteiger partial charge in [0.15, 0.2) is 0 Å². The Balaban J connectivity index is 2.10. The molecule has 4 heteroatoms. The molecule has 2 aromatic rings. The van der Waals surface area contributed by atoms with Gasteiger partial charge in [0.05, 0.1) is 5.56 Å². The van der Waals surface area contributed by atoms with Gasteiger partial charge < -0.3 is 5.32 Å². The largest absolute Gasteiger partial charge is 0.381 e. The standard InChI is InChI=1S/C15H12FIN2/c1-10-2-4-13(7-15(10)17)19-9-11-3-5-14(16)12(6-11)8-18/h2-7,19H,9H2,1H3. The van der Waals surface area contributed by atoms with Crippen LogP contribution in [0.3, 0.4) is 0 Å². The molecule has 0 spiro atoms. The summed E-state index contributed by atoms with van der Waals surface area (Å²) in [7, 11) is 0. The molecule has 0 unspecified atom stereocenters. The number of rotatable bonds is 3. The molecular formula is C15H12FIN2. The molecule has 1 N–H and O–H groups in total. The molecule has 0 radical (unpaired) electrons. The molecule has 2 aromatic carbocycles. The van der Waals surface area contributed by atoms with E-state index in [0.717, 1.165) is 11.3 Å². The van der Waals surface area contributed by atoms with Crippen molar-refractivity contribution in [1.82, 2.24) is 0 Å². The monoisotopic (exact) mass is 366 g/mol. The topological polar surface area (TPSA) is 35.8 Å². The average molecular weight is 366 g/mol. The lowest BCUT2D eigenvalue weighted by molar-refractivity contribution is 0.623. The second-order valence-electron chi connectivity index (χ2n) is 4.24. The number of benzene rings is 2. The van der Waals surface area contributed by atoms with Crippen LogP contribution in [0.5, 0.6) is 0 Å². The smallest absolute Gasteiger partial charge is 0.140 e. The van der Waals surface area contributed by atoms with Crippen molar-refractivity contribution in [2.24, 2.45) is 0 Å². The molecule has 0 saturated carbocycles. The van der Waals surface area contributed by atoms with Crippen molar-refractivity contribution < 1.29 is 4.39 Å². The summed E-state index contributed by atoms with van der Waals surface area (Å²) in [5.74, 6) is -0.476. The first-order valence-corrected chi connectivity index (χ1v) is 6.86. The van der Waals surface area contributed by atoms with Crippen LogP contribution in [-0.4, -0.2) is 0 Å². The highest BCUT2D eigenvalue weighted by Gasteiger charge is 2.03. The van der Waals surface area contributed by atoms with E-state index in [1.165, 1.54) is 15.2 Å². The van der Waals surface area contributed by atoms with Crippen LogP contribution in [0, 0.1) is 27.6 Å².